The molecule has 1 rings (SSSR count). The van der Waals surface area contributed by atoms with Crippen LogP contribution in [0.2, 0.25) is 0 Å². The van der Waals surface area contributed by atoms with Gasteiger partial charge in [0, 0.05) is 18.8 Å². The van der Waals surface area contributed by atoms with Crippen LogP contribution in [0.3, 0.4) is 0 Å². The summed E-state index contributed by atoms with van der Waals surface area (Å²) in [7, 11) is 0. The summed E-state index contributed by atoms with van der Waals surface area (Å²) in [6, 6.07) is 4.14. The van der Waals surface area contributed by atoms with Gasteiger partial charge in [-0.3, -0.25) is 4.98 Å². The fourth-order valence-corrected chi connectivity index (χ4v) is 1.88. The number of aryl methyl sites for hydroxylation is 2. The maximum Gasteiger partial charge on any atom is 0.103 e. The maximum absolute atomic E-state index is 9.14. The Balaban J connectivity index is 2.43. The monoisotopic (exact) mass is 261 g/mol. The number of nitrogens with zero attached hydrogens (tertiary/aromatic N) is 2. The summed E-state index contributed by atoms with van der Waals surface area (Å²) < 4.78 is 5.49. The Morgan fingerprint density at radius 2 is 2.11 bits per heavy atom. The van der Waals surface area contributed by atoms with E-state index in [2.05, 4.69) is 16.4 Å². The van der Waals surface area contributed by atoms with Gasteiger partial charge in [-0.15, -0.1) is 0 Å². The molecule has 0 unspecified atom stereocenters. The summed E-state index contributed by atoms with van der Waals surface area (Å²) in [6.07, 6.45) is 2.34. The zero-order valence-electron chi connectivity index (χ0n) is 12.3. The van der Waals surface area contributed by atoms with Gasteiger partial charge in [0.05, 0.1) is 23.0 Å². The van der Waals surface area contributed by atoms with Crippen molar-refractivity contribution < 1.29 is 4.74 Å². The van der Waals surface area contributed by atoms with E-state index in [-0.39, 0.29) is 0 Å². The van der Waals surface area contributed by atoms with Crippen LogP contribution in [0.1, 0.15) is 43.6 Å². The molecule has 4 nitrogen and oxygen atoms in total. The second kappa shape index (κ2) is 7.75. The van der Waals surface area contributed by atoms with Crippen LogP contribution >= 0.6 is 0 Å². The molecule has 19 heavy (non-hydrogen) atoms. The van der Waals surface area contributed by atoms with Crippen molar-refractivity contribution >= 4 is 5.69 Å². The van der Waals surface area contributed by atoms with Gasteiger partial charge in [-0.25, -0.2) is 0 Å². The van der Waals surface area contributed by atoms with Crippen LogP contribution in [0.4, 0.5) is 5.69 Å². The van der Waals surface area contributed by atoms with E-state index in [0.29, 0.717) is 11.7 Å². The Kier molecular flexibility index (Phi) is 6.31. The second-order valence-electron chi connectivity index (χ2n) is 4.94. The molecule has 0 radical (unpaired) electrons. The molecule has 1 heterocycles. The van der Waals surface area contributed by atoms with E-state index in [1.807, 2.05) is 33.8 Å². The van der Waals surface area contributed by atoms with Crippen LogP contribution in [0.5, 0.6) is 0 Å². The molecule has 0 spiro atoms. The van der Waals surface area contributed by atoms with Gasteiger partial charge in [0.1, 0.15) is 6.07 Å². The lowest BCUT2D eigenvalue weighted by Crippen LogP contribution is -2.08. The highest BCUT2D eigenvalue weighted by molar-refractivity contribution is 5.59. The lowest BCUT2D eigenvalue weighted by Gasteiger charge is -2.11. The molecule has 0 aliphatic carbocycles. The highest BCUT2D eigenvalue weighted by atomic mass is 16.5. The van der Waals surface area contributed by atoms with E-state index in [9.17, 15) is 0 Å². The molecule has 0 aliphatic rings. The van der Waals surface area contributed by atoms with Crippen molar-refractivity contribution in [1.82, 2.24) is 4.98 Å². The quantitative estimate of drug-likeness (QED) is 0.766. The van der Waals surface area contributed by atoms with Crippen LogP contribution in [-0.2, 0) is 4.74 Å². The zero-order valence-corrected chi connectivity index (χ0v) is 12.3. The highest BCUT2D eigenvalue weighted by Crippen LogP contribution is 2.18. The Hall–Kier alpha value is -1.60. The minimum absolute atomic E-state index is 0.295. The number of ether oxygens (including phenoxy) is 1. The van der Waals surface area contributed by atoms with Gasteiger partial charge in [0.2, 0.25) is 0 Å². The lowest BCUT2D eigenvalue weighted by molar-refractivity contribution is 0.0765. The van der Waals surface area contributed by atoms with Crippen molar-refractivity contribution in [2.75, 3.05) is 18.5 Å². The molecule has 0 fully saturated rings. The molecule has 0 saturated carbocycles. The van der Waals surface area contributed by atoms with Crippen LogP contribution in [-0.4, -0.2) is 24.2 Å². The lowest BCUT2D eigenvalue weighted by atomic mass is 10.1. The normalized spacial score (nSPS) is 10.5. The van der Waals surface area contributed by atoms with Crippen LogP contribution < -0.4 is 5.32 Å². The van der Waals surface area contributed by atoms with Gasteiger partial charge in [0.25, 0.3) is 0 Å². The Morgan fingerprint density at radius 1 is 1.37 bits per heavy atom. The van der Waals surface area contributed by atoms with Crippen molar-refractivity contribution in [3.63, 3.8) is 0 Å². The van der Waals surface area contributed by atoms with Crippen LogP contribution in [0.25, 0.3) is 0 Å². The predicted molar refractivity (Wildman–Crippen MR) is 77.2 cm³/mol. The fourth-order valence-electron chi connectivity index (χ4n) is 1.88. The van der Waals surface area contributed by atoms with Gasteiger partial charge in [0.15, 0.2) is 0 Å². The number of hydrogen-bond donors (Lipinski definition) is 1. The van der Waals surface area contributed by atoms with Gasteiger partial charge in [-0.05, 0) is 46.6 Å². The number of hydrogen-bond acceptors (Lipinski definition) is 4. The van der Waals surface area contributed by atoms with Gasteiger partial charge in [-0.1, -0.05) is 0 Å². The van der Waals surface area contributed by atoms with Crippen molar-refractivity contribution in [3.05, 3.63) is 23.0 Å². The number of anilines is 1. The number of aromatic nitrogens is 1. The first-order valence-electron chi connectivity index (χ1n) is 6.78. The maximum atomic E-state index is 9.14. The summed E-state index contributed by atoms with van der Waals surface area (Å²) in [5, 5.41) is 12.5. The molecule has 0 saturated heterocycles. The second-order valence-corrected chi connectivity index (χ2v) is 4.94. The minimum Gasteiger partial charge on any atom is -0.384 e. The van der Waals surface area contributed by atoms with Crippen molar-refractivity contribution in [2.24, 2.45) is 0 Å². The number of rotatable bonds is 7. The Morgan fingerprint density at radius 3 is 2.74 bits per heavy atom. The molecule has 0 atom stereocenters. The zero-order chi connectivity index (χ0) is 14.3. The smallest absolute Gasteiger partial charge is 0.103 e. The number of nitrogens with one attached hydrogen (secondary N) is 1. The largest absolute Gasteiger partial charge is 0.384 e. The number of pyridine rings is 1. The molecule has 104 valence electrons. The van der Waals surface area contributed by atoms with Gasteiger partial charge < -0.3 is 10.1 Å². The molecular formula is C15H23N3O. The molecule has 0 bridgehead atoms. The van der Waals surface area contributed by atoms with E-state index in [1.165, 1.54) is 0 Å². The third-order valence-corrected chi connectivity index (χ3v) is 2.78. The fraction of sp³-hybridized carbons (Fsp3) is 0.600. The summed E-state index contributed by atoms with van der Waals surface area (Å²) in [6.45, 7) is 9.53. The third-order valence-electron chi connectivity index (χ3n) is 2.78. The Bertz CT molecular complexity index is 449. The molecule has 1 N–H and O–H groups in total. The SMILES string of the molecule is Cc1cc(NCCCCOC(C)C)c(C#N)c(C)n1. The van der Waals surface area contributed by atoms with Crippen molar-refractivity contribution in [1.29, 1.82) is 5.26 Å². The van der Waals surface area contributed by atoms with Gasteiger partial charge in [-0.2, -0.15) is 5.26 Å². The molecule has 1 aromatic heterocycles. The average Bonchev–Trinajstić information content (AvgIpc) is 2.32. The summed E-state index contributed by atoms with van der Waals surface area (Å²) >= 11 is 0. The summed E-state index contributed by atoms with van der Waals surface area (Å²) in [4.78, 5) is 4.30. The first-order chi connectivity index (χ1) is 9.04. The summed E-state index contributed by atoms with van der Waals surface area (Å²) in [5.74, 6) is 0. The molecule has 0 amide bonds. The molecule has 4 heteroatoms. The highest BCUT2D eigenvalue weighted by Gasteiger charge is 2.07. The Labute approximate surface area is 115 Å². The topological polar surface area (TPSA) is 57.9 Å². The van der Waals surface area contributed by atoms with E-state index in [4.69, 9.17) is 10.00 Å². The number of nitriles is 1. The minimum atomic E-state index is 0.295. The molecule has 0 aromatic carbocycles. The standard InChI is InChI=1S/C15H23N3O/c1-11(2)19-8-6-5-7-17-15-9-12(3)18-13(4)14(15)10-16/h9,11H,5-8H2,1-4H3,(H,17,18). The van der Waals surface area contributed by atoms with Gasteiger partial charge >= 0.3 is 0 Å². The van der Waals surface area contributed by atoms with E-state index in [0.717, 1.165) is 43.1 Å². The first kappa shape index (κ1) is 15.5. The molecular weight excluding hydrogens is 238 g/mol. The predicted octanol–water partition coefficient (Wildman–Crippen LogP) is 3.19. The van der Waals surface area contributed by atoms with Crippen molar-refractivity contribution in [2.45, 2.75) is 46.6 Å². The number of unbranched alkanes of at least 4 members (excludes halogenated alkanes) is 1. The van der Waals surface area contributed by atoms with E-state index >= 15 is 0 Å². The average molecular weight is 261 g/mol. The van der Waals surface area contributed by atoms with E-state index < -0.39 is 0 Å². The molecule has 1 aromatic rings. The summed E-state index contributed by atoms with van der Waals surface area (Å²) in [5.41, 5.74) is 3.25. The van der Waals surface area contributed by atoms with Crippen molar-refractivity contribution in [3.8, 4) is 6.07 Å². The van der Waals surface area contributed by atoms with Crippen LogP contribution in [0.15, 0.2) is 6.07 Å². The third kappa shape index (κ3) is 5.27. The molecule has 0 aliphatic heterocycles. The first-order valence-corrected chi connectivity index (χ1v) is 6.78. The van der Waals surface area contributed by atoms with Crippen LogP contribution in [0, 0.1) is 25.2 Å². The van der Waals surface area contributed by atoms with E-state index in [1.54, 1.807) is 0 Å².